The maximum atomic E-state index is 12.3. The van der Waals surface area contributed by atoms with Crippen LogP contribution in [0.1, 0.15) is 24.0 Å². The molecule has 8 heteroatoms. The number of hydrogen-bond donors (Lipinski definition) is 2. The molecular formula is C17H25N3O4S. The normalized spacial score (nSPS) is 15.7. The molecule has 0 saturated carbocycles. The van der Waals surface area contributed by atoms with Crippen molar-refractivity contribution in [2.45, 2.75) is 31.9 Å². The highest BCUT2D eigenvalue weighted by molar-refractivity contribution is 7.92. The molecule has 0 radical (unpaired) electrons. The molecule has 1 aliphatic rings. The standard InChI is InChI=1S/C17H25N3O4S/c1-12-4-5-14(10-13(12)2)19-17(22)20-8-6-15(7-9-20)25(23,24)11-16(21)18-3/h4-5,10,15H,6-9,11H2,1-3H3,(H,18,21)(H,19,22). The van der Waals surface area contributed by atoms with Crippen molar-refractivity contribution >= 4 is 27.5 Å². The van der Waals surface area contributed by atoms with E-state index in [0.29, 0.717) is 25.9 Å². The lowest BCUT2D eigenvalue weighted by atomic mass is 10.1. The van der Waals surface area contributed by atoms with Crippen molar-refractivity contribution in [1.29, 1.82) is 0 Å². The number of benzene rings is 1. The third-order valence-electron chi connectivity index (χ3n) is 4.61. The lowest BCUT2D eigenvalue weighted by Crippen LogP contribution is -2.45. The monoisotopic (exact) mass is 367 g/mol. The lowest BCUT2D eigenvalue weighted by Gasteiger charge is -2.31. The van der Waals surface area contributed by atoms with E-state index in [2.05, 4.69) is 10.6 Å². The Labute approximate surface area is 148 Å². The summed E-state index contributed by atoms with van der Waals surface area (Å²) >= 11 is 0. The van der Waals surface area contributed by atoms with E-state index in [4.69, 9.17) is 0 Å². The molecule has 0 aliphatic carbocycles. The average molecular weight is 367 g/mol. The fourth-order valence-electron chi connectivity index (χ4n) is 2.81. The highest BCUT2D eigenvalue weighted by atomic mass is 32.2. The highest BCUT2D eigenvalue weighted by Gasteiger charge is 2.32. The minimum atomic E-state index is -3.48. The van der Waals surface area contributed by atoms with Crippen molar-refractivity contribution in [1.82, 2.24) is 10.2 Å². The topological polar surface area (TPSA) is 95.6 Å². The van der Waals surface area contributed by atoms with Crippen molar-refractivity contribution in [2.75, 3.05) is 31.2 Å². The van der Waals surface area contributed by atoms with Crippen LogP contribution in [-0.4, -0.2) is 56.4 Å². The molecule has 2 N–H and O–H groups in total. The van der Waals surface area contributed by atoms with Crippen LogP contribution in [0.3, 0.4) is 0 Å². The van der Waals surface area contributed by atoms with Crippen LogP contribution in [0.25, 0.3) is 0 Å². The number of piperidine rings is 1. The molecule has 1 aromatic carbocycles. The summed E-state index contributed by atoms with van der Waals surface area (Å²) in [5.74, 6) is -1.00. The molecule has 3 amide bonds. The van der Waals surface area contributed by atoms with Crippen molar-refractivity contribution in [2.24, 2.45) is 0 Å². The predicted molar refractivity (Wildman–Crippen MR) is 97.4 cm³/mol. The molecule has 1 saturated heterocycles. The number of sulfone groups is 1. The fraction of sp³-hybridized carbons (Fsp3) is 0.529. The first-order chi connectivity index (χ1) is 11.7. The van der Waals surface area contributed by atoms with Crippen molar-refractivity contribution in [3.63, 3.8) is 0 Å². The maximum Gasteiger partial charge on any atom is 0.321 e. The van der Waals surface area contributed by atoms with Gasteiger partial charge in [-0.15, -0.1) is 0 Å². The largest absolute Gasteiger partial charge is 0.358 e. The quantitative estimate of drug-likeness (QED) is 0.842. The van der Waals surface area contributed by atoms with E-state index in [1.807, 2.05) is 32.0 Å². The van der Waals surface area contributed by atoms with Crippen LogP contribution in [0.2, 0.25) is 0 Å². The summed E-state index contributed by atoms with van der Waals surface area (Å²) in [5.41, 5.74) is 2.97. The summed E-state index contributed by atoms with van der Waals surface area (Å²) in [6.07, 6.45) is 0.694. The Kier molecular flexibility index (Phi) is 6.05. The van der Waals surface area contributed by atoms with E-state index in [9.17, 15) is 18.0 Å². The Morgan fingerprint density at radius 1 is 1.16 bits per heavy atom. The number of carbonyl (C=O) groups excluding carboxylic acids is 2. The van der Waals surface area contributed by atoms with Gasteiger partial charge >= 0.3 is 6.03 Å². The van der Waals surface area contributed by atoms with Crippen molar-refractivity contribution in [3.05, 3.63) is 29.3 Å². The molecule has 25 heavy (non-hydrogen) atoms. The van der Waals surface area contributed by atoms with Crippen LogP contribution in [0, 0.1) is 13.8 Å². The van der Waals surface area contributed by atoms with Gasteiger partial charge < -0.3 is 15.5 Å². The number of nitrogens with zero attached hydrogens (tertiary/aromatic N) is 1. The summed E-state index contributed by atoms with van der Waals surface area (Å²) in [6.45, 7) is 4.70. The van der Waals surface area contributed by atoms with Crippen LogP contribution < -0.4 is 10.6 Å². The Bertz CT molecular complexity index is 753. The van der Waals surface area contributed by atoms with Crippen LogP contribution in [-0.2, 0) is 14.6 Å². The van der Waals surface area contributed by atoms with Crippen LogP contribution >= 0.6 is 0 Å². The van der Waals surface area contributed by atoms with Gasteiger partial charge in [0.25, 0.3) is 0 Å². The molecule has 0 atom stereocenters. The zero-order valence-electron chi connectivity index (χ0n) is 14.8. The number of urea groups is 1. The molecule has 1 heterocycles. The van der Waals surface area contributed by atoms with Gasteiger partial charge in [-0.1, -0.05) is 6.07 Å². The zero-order valence-corrected chi connectivity index (χ0v) is 15.6. The van der Waals surface area contributed by atoms with Crippen molar-refractivity contribution < 1.29 is 18.0 Å². The molecular weight excluding hydrogens is 342 g/mol. The number of amides is 3. The van der Waals surface area contributed by atoms with E-state index >= 15 is 0 Å². The number of nitrogens with one attached hydrogen (secondary N) is 2. The molecule has 0 spiro atoms. The van der Waals surface area contributed by atoms with Gasteiger partial charge in [0.15, 0.2) is 9.84 Å². The SMILES string of the molecule is CNC(=O)CS(=O)(=O)C1CCN(C(=O)Nc2ccc(C)c(C)c2)CC1. The van der Waals surface area contributed by atoms with Crippen LogP contribution in [0.15, 0.2) is 18.2 Å². The average Bonchev–Trinajstić information content (AvgIpc) is 2.57. The molecule has 1 aromatic rings. The minimum absolute atomic E-state index is 0.231. The molecule has 0 unspecified atom stereocenters. The van der Waals surface area contributed by atoms with E-state index in [0.717, 1.165) is 16.8 Å². The minimum Gasteiger partial charge on any atom is -0.358 e. The smallest absolute Gasteiger partial charge is 0.321 e. The molecule has 1 fully saturated rings. The first-order valence-electron chi connectivity index (χ1n) is 8.28. The number of likely N-dealkylation sites (tertiary alicyclic amines) is 1. The summed E-state index contributed by atoms with van der Waals surface area (Å²) in [7, 11) is -2.07. The second-order valence-corrected chi connectivity index (χ2v) is 8.68. The second-order valence-electron chi connectivity index (χ2n) is 6.40. The zero-order chi connectivity index (χ0) is 18.6. The van der Waals surface area contributed by atoms with Gasteiger partial charge in [0.1, 0.15) is 5.75 Å². The third-order valence-corrected chi connectivity index (χ3v) is 6.76. The number of carbonyl (C=O) groups is 2. The van der Waals surface area contributed by atoms with Crippen LogP contribution in [0.5, 0.6) is 0 Å². The molecule has 0 bridgehead atoms. The van der Waals surface area contributed by atoms with Gasteiger partial charge in [-0.25, -0.2) is 13.2 Å². The Morgan fingerprint density at radius 3 is 2.36 bits per heavy atom. The predicted octanol–water partition coefficient (Wildman–Crippen LogP) is 1.46. The first-order valence-corrected chi connectivity index (χ1v) is 10.00. The van der Waals surface area contributed by atoms with E-state index in [1.165, 1.54) is 7.05 Å². The fourth-order valence-corrected chi connectivity index (χ4v) is 4.49. The molecule has 2 rings (SSSR count). The number of anilines is 1. The van der Waals surface area contributed by atoms with Crippen LogP contribution in [0.4, 0.5) is 10.5 Å². The Morgan fingerprint density at radius 2 is 1.80 bits per heavy atom. The van der Waals surface area contributed by atoms with E-state index < -0.39 is 26.7 Å². The molecule has 138 valence electrons. The summed E-state index contributed by atoms with van der Waals surface area (Å²) in [6, 6.07) is 5.47. The second kappa shape index (κ2) is 7.86. The van der Waals surface area contributed by atoms with Gasteiger partial charge in [-0.05, 0) is 49.9 Å². The summed E-state index contributed by atoms with van der Waals surface area (Å²) < 4.78 is 24.4. The Hall–Kier alpha value is -2.09. The van der Waals surface area contributed by atoms with Gasteiger partial charge in [-0.3, -0.25) is 4.79 Å². The van der Waals surface area contributed by atoms with Gasteiger partial charge in [0.05, 0.1) is 5.25 Å². The van der Waals surface area contributed by atoms with Gasteiger partial charge in [0.2, 0.25) is 5.91 Å². The highest BCUT2D eigenvalue weighted by Crippen LogP contribution is 2.20. The number of hydrogen-bond acceptors (Lipinski definition) is 4. The summed E-state index contributed by atoms with van der Waals surface area (Å²) in [5, 5.41) is 4.60. The third kappa shape index (κ3) is 4.94. The Balaban J connectivity index is 1.91. The first kappa shape index (κ1) is 19.2. The molecule has 7 nitrogen and oxygen atoms in total. The number of aryl methyl sites for hydroxylation is 2. The number of rotatable bonds is 4. The van der Waals surface area contributed by atoms with Gasteiger partial charge in [-0.2, -0.15) is 0 Å². The lowest BCUT2D eigenvalue weighted by molar-refractivity contribution is -0.118. The molecule has 1 aliphatic heterocycles. The van der Waals surface area contributed by atoms with Crippen molar-refractivity contribution in [3.8, 4) is 0 Å². The maximum absolute atomic E-state index is 12.3. The summed E-state index contributed by atoms with van der Waals surface area (Å²) in [4.78, 5) is 25.3. The van der Waals surface area contributed by atoms with E-state index in [-0.39, 0.29) is 6.03 Å². The van der Waals surface area contributed by atoms with Gasteiger partial charge in [0, 0.05) is 25.8 Å². The van der Waals surface area contributed by atoms with E-state index in [1.54, 1.807) is 4.90 Å². The molecule has 0 aromatic heterocycles.